The van der Waals surface area contributed by atoms with Gasteiger partial charge < -0.3 is 10.6 Å². The van der Waals surface area contributed by atoms with Crippen LogP contribution in [0.5, 0.6) is 0 Å². The summed E-state index contributed by atoms with van der Waals surface area (Å²) in [5.74, 6) is 0.147. The molecule has 0 atom stereocenters. The number of hydrogen-bond acceptors (Lipinski definition) is 2. The highest BCUT2D eigenvalue weighted by atomic mass is 79.9. The normalized spacial score (nSPS) is 15.9. The molecule has 0 bridgehead atoms. The second kappa shape index (κ2) is 5.73. The maximum absolute atomic E-state index is 13.0. The smallest absolute Gasteiger partial charge is 0.230 e. The third-order valence-corrected chi connectivity index (χ3v) is 5.47. The minimum atomic E-state index is -0.586. The molecule has 1 saturated carbocycles. The largest absolute Gasteiger partial charge is 0.335 e. The summed E-state index contributed by atoms with van der Waals surface area (Å²) in [4.78, 5) is 15.0. The van der Waals surface area contributed by atoms with Crippen molar-refractivity contribution in [2.45, 2.75) is 58.7 Å². The van der Waals surface area contributed by atoms with Crippen LogP contribution in [-0.4, -0.2) is 22.4 Å². The second-order valence-electron chi connectivity index (χ2n) is 7.10. The number of hydrogen-bond donors (Lipinski definition) is 1. The summed E-state index contributed by atoms with van der Waals surface area (Å²) in [6.07, 6.45) is 2.19. The molecule has 1 aliphatic carbocycles. The molecule has 4 heteroatoms. The highest BCUT2D eigenvalue weighted by Gasteiger charge is 2.46. The van der Waals surface area contributed by atoms with Gasteiger partial charge in [0.2, 0.25) is 5.91 Å². The fourth-order valence-corrected chi connectivity index (χ4v) is 2.61. The molecule has 0 heterocycles. The first-order valence-electron chi connectivity index (χ1n) is 7.48. The summed E-state index contributed by atoms with van der Waals surface area (Å²) in [6.45, 7) is 8.39. The van der Waals surface area contributed by atoms with E-state index in [1.807, 2.05) is 50.8 Å². The van der Waals surface area contributed by atoms with Crippen LogP contribution in [0.25, 0.3) is 0 Å². The van der Waals surface area contributed by atoms with Crippen molar-refractivity contribution in [3.8, 4) is 0 Å². The fourth-order valence-electron chi connectivity index (χ4n) is 2.20. The third kappa shape index (κ3) is 3.49. The maximum atomic E-state index is 13.0. The highest BCUT2D eigenvalue weighted by Crippen LogP contribution is 2.37. The molecule has 3 nitrogen and oxygen atoms in total. The number of benzene rings is 1. The molecule has 0 spiro atoms. The van der Waals surface area contributed by atoms with Crippen LogP contribution in [0.2, 0.25) is 0 Å². The molecular formula is C17H25BrN2O. The molecule has 21 heavy (non-hydrogen) atoms. The van der Waals surface area contributed by atoms with Crippen LogP contribution in [0, 0.1) is 5.41 Å². The first-order chi connectivity index (χ1) is 9.64. The maximum Gasteiger partial charge on any atom is 0.230 e. The zero-order valence-corrected chi connectivity index (χ0v) is 14.9. The van der Waals surface area contributed by atoms with Gasteiger partial charge in [-0.25, -0.2) is 0 Å². The standard InChI is InChI=1S/C17H25BrN2O/c1-16(2,17(3,4)19)15(21)20(13-9-10-13)11-12-7-5-6-8-14(12)18/h5-8,13H,9-11,19H2,1-4H3. The van der Waals surface area contributed by atoms with Gasteiger partial charge in [-0.2, -0.15) is 0 Å². The lowest BCUT2D eigenvalue weighted by molar-refractivity contribution is -0.144. The molecule has 0 saturated heterocycles. The summed E-state index contributed by atoms with van der Waals surface area (Å²) in [7, 11) is 0. The van der Waals surface area contributed by atoms with Crippen LogP contribution < -0.4 is 5.73 Å². The van der Waals surface area contributed by atoms with E-state index in [0.717, 1.165) is 22.9 Å². The van der Waals surface area contributed by atoms with Gasteiger partial charge in [0.1, 0.15) is 0 Å². The van der Waals surface area contributed by atoms with E-state index in [-0.39, 0.29) is 5.91 Å². The number of halogens is 1. The second-order valence-corrected chi connectivity index (χ2v) is 7.96. The fraction of sp³-hybridized carbons (Fsp3) is 0.588. The van der Waals surface area contributed by atoms with Gasteiger partial charge >= 0.3 is 0 Å². The van der Waals surface area contributed by atoms with Gasteiger partial charge in [0.15, 0.2) is 0 Å². The van der Waals surface area contributed by atoms with Gasteiger partial charge in [-0.15, -0.1) is 0 Å². The van der Waals surface area contributed by atoms with E-state index in [9.17, 15) is 4.79 Å². The Morgan fingerprint density at radius 3 is 2.33 bits per heavy atom. The number of rotatable bonds is 5. The molecule has 2 N–H and O–H groups in total. The Bertz CT molecular complexity index is 530. The molecule has 1 aliphatic rings. The van der Waals surface area contributed by atoms with Crippen molar-refractivity contribution in [1.82, 2.24) is 4.90 Å². The molecule has 0 aliphatic heterocycles. The molecule has 0 unspecified atom stereocenters. The molecule has 2 rings (SSSR count). The first-order valence-corrected chi connectivity index (χ1v) is 8.27. The van der Waals surface area contributed by atoms with E-state index in [2.05, 4.69) is 22.0 Å². The van der Waals surface area contributed by atoms with Gasteiger partial charge in [-0.3, -0.25) is 4.79 Å². The average Bonchev–Trinajstić information content (AvgIpc) is 3.20. The molecule has 1 amide bonds. The molecule has 0 radical (unpaired) electrons. The van der Waals surface area contributed by atoms with E-state index < -0.39 is 11.0 Å². The van der Waals surface area contributed by atoms with Crippen molar-refractivity contribution in [2.24, 2.45) is 11.1 Å². The zero-order valence-electron chi connectivity index (χ0n) is 13.3. The SMILES string of the molecule is CC(C)(N)C(C)(C)C(=O)N(Cc1ccccc1Br)C1CC1. The van der Waals surface area contributed by atoms with Gasteiger partial charge in [-0.1, -0.05) is 34.1 Å². The van der Waals surface area contributed by atoms with E-state index in [1.54, 1.807) is 0 Å². The van der Waals surface area contributed by atoms with Crippen LogP contribution >= 0.6 is 15.9 Å². The van der Waals surface area contributed by atoms with Crippen molar-refractivity contribution in [2.75, 3.05) is 0 Å². The third-order valence-electron chi connectivity index (χ3n) is 4.69. The Kier molecular flexibility index (Phi) is 4.50. The van der Waals surface area contributed by atoms with E-state index in [1.165, 1.54) is 0 Å². The Hall–Kier alpha value is -0.870. The first kappa shape index (κ1) is 16.5. The number of carbonyl (C=O) groups excluding carboxylic acids is 1. The highest BCUT2D eigenvalue weighted by molar-refractivity contribution is 9.10. The van der Waals surface area contributed by atoms with Crippen LogP contribution in [0.15, 0.2) is 28.7 Å². The van der Waals surface area contributed by atoms with Crippen molar-refractivity contribution in [3.63, 3.8) is 0 Å². The number of amides is 1. The Labute approximate surface area is 136 Å². The van der Waals surface area contributed by atoms with E-state index in [0.29, 0.717) is 12.6 Å². The van der Waals surface area contributed by atoms with Gasteiger partial charge in [0, 0.05) is 22.6 Å². The van der Waals surface area contributed by atoms with Gasteiger partial charge in [0.25, 0.3) is 0 Å². The summed E-state index contributed by atoms with van der Waals surface area (Å²) in [5, 5.41) is 0. The Morgan fingerprint density at radius 2 is 1.86 bits per heavy atom. The van der Waals surface area contributed by atoms with Crippen molar-refractivity contribution < 1.29 is 4.79 Å². The molecule has 1 aromatic carbocycles. The number of nitrogens with zero attached hydrogens (tertiary/aromatic N) is 1. The van der Waals surface area contributed by atoms with E-state index in [4.69, 9.17) is 5.73 Å². The van der Waals surface area contributed by atoms with Gasteiger partial charge in [-0.05, 0) is 52.2 Å². The minimum absolute atomic E-state index is 0.147. The lowest BCUT2D eigenvalue weighted by Gasteiger charge is -2.41. The number of carbonyl (C=O) groups is 1. The van der Waals surface area contributed by atoms with Crippen molar-refractivity contribution >= 4 is 21.8 Å². The van der Waals surface area contributed by atoms with Crippen molar-refractivity contribution in [1.29, 1.82) is 0 Å². The van der Waals surface area contributed by atoms with Crippen LogP contribution in [-0.2, 0) is 11.3 Å². The van der Waals surface area contributed by atoms with Crippen LogP contribution in [0.3, 0.4) is 0 Å². The van der Waals surface area contributed by atoms with Crippen molar-refractivity contribution in [3.05, 3.63) is 34.3 Å². The predicted molar refractivity (Wildman–Crippen MR) is 89.8 cm³/mol. The minimum Gasteiger partial charge on any atom is -0.335 e. The lowest BCUT2D eigenvalue weighted by atomic mass is 9.74. The topological polar surface area (TPSA) is 46.3 Å². The molecule has 1 aromatic rings. The zero-order chi connectivity index (χ0) is 15.8. The Balaban J connectivity index is 2.24. The quantitative estimate of drug-likeness (QED) is 0.877. The molecule has 0 aromatic heterocycles. The number of nitrogens with two attached hydrogens (primary N) is 1. The summed E-state index contributed by atoms with van der Waals surface area (Å²) >= 11 is 3.57. The summed E-state index contributed by atoms with van der Waals surface area (Å²) < 4.78 is 1.05. The summed E-state index contributed by atoms with van der Waals surface area (Å²) in [5.41, 5.74) is 6.24. The Morgan fingerprint density at radius 1 is 1.29 bits per heavy atom. The average molecular weight is 353 g/mol. The van der Waals surface area contributed by atoms with Crippen LogP contribution in [0.4, 0.5) is 0 Å². The lowest BCUT2D eigenvalue weighted by Crippen LogP contribution is -2.56. The predicted octanol–water partition coefficient (Wildman–Crippen LogP) is 3.70. The molecular weight excluding hydrogens is 328 g/mol. The molecule has 116 valence electrons. The monoisotopic (exact) mass is 352 g/mol. The van der Waals surface area contributed by atoms with E-state index >= 15 is 0 Å². The van der Waals surface area contributed by atoms with Gasteiger partial charge in [0.05, 0.1) is 5.41 Å². The molecule has 1 fully saturated rings. The summed E-state index contributed by atoms with van der Waals surface area (Å²) in [6, 6.07) is 8.44. The van der Waals surface area contributed by atoms with Crippen LogP contribution in [0.1, 0.15) is 46.1 Å².